The molecule has 3 nitrogen and oxygen atoms in total. The van der Waals surface area contributed by atoms with Crippen LogP contribution in [0.4, 0.5) is 5.69 Å². The van der Waals surface area contributed by atoms with Crippen LogP contribution in [-0.2, 0) is 17.7 Å². The van der Waals surface area contributed by atoms with Gasteiger partial charge in [-0.2, -0.15) is 0 Å². The fourth-order valence-electron chi connectivity index (χ4n) is 2.52. The number of ether oxygens (including phenoxy) is 1. The molecule has 0 aromatic heterocycles. The maximum Gasteiger partial charge on any atom is 0.0668 e. The highest BCUT2D eigenvalue weighted by Crippen LogP contribution is 2.24. The van der Waals surface area contributed by atoms with Crippen LogP contribution < -0.4 is 10.6 Å². The molecule has 0 bridgehead atoms. The predicted octanol–water partition coefficient (Wildman–Crippen LogP) is 1.53. The van der Waals surface area contributed by atoms with Crippen LogP contribution in [0.1, 0.15) is 17.5 Å². The number of nitrogens with one attached hydrogen (secondary N) is 2. The topological polar surface area (TPSA) is 33.3 Å². The molecule has 1 atom stereocenters. The molecule has 0 spiro atoms. The third-order valence-corrected chi connectivity index (χ3v) is 3.44. The summed E-state index contributed by atoms with van der Waals surface area (Å²) in [6.45, 7) is 3.83. The SMILES string of the molecule is c1cc2c(c(NC3CCOC3)c1)CNCC2. The number of anilines is 1. The maximum absolute atomic E-state index is 5.40. The van der Waals surface area contributed by atoms with Crippen LogP contribution in [0.25, 0.3) is 0 Å². The number of rotatable bonds is 2. The molecule has 2 N–H and O–H groups in total. The molecule has 86 valence electrons. The van der Waals surface area contributed by atoms with E-state index in [9.17, 15) is 0 Å². The van der Waals surface area contributed by atoms with Gasteiger partial charge in [0, 0.05) is 18.8 Å². The van der Waals surface area contributed by atoms with Crippen molar-refractivity contribution < 1.29 is 4.74 Å². The third kappa shape index (κ3) is 1.93. The lowest BCUT2D eigenvalue weighted by atomic mass is 9.99. The molecule has 1 saturated heterocycles. The Balaban J connectivity index is 1.82. The summed E-state index contributed by atoms with van der Waals surface area (Å²) in [5, 5.41) is 7.04. The van der Waals surface area contributed by atoms with E-state index in [1.807, 2.05) is 0 Å². The summed E-state index contributed by atoms with van der Waals surface area (Å²) in [6.07, 6.45) is 2.27. The smallest absolute Gasteiger partial charge is 0.0668 e. The summed E-state index contributed by atoms with van der Waals surface area (Å²) in [6, 6.07) is 7.08. The van der Waals surface area contributed by atoms with Crippen molar-refractivity contribution in [2.75, 3.05) is 25.1 Å². The number of benzene rings is 1. The average Bonchev–Trinajstić information content (AvgIpc) is 2.82. The zero-order valence-corrected chi connectivity index (χ0v) is 9.46. The van der Waals surface area contributed by atoms with Crippen molar-refractivity contribution in [3.05, 3.63) is 29.3 Å². The minimum Gasteiger partial charge on any atom is -0.380 e. The third-order valence-electron chi connectivity index (χ3n) is 3.44. The summed E-state index contributed by atoms with van der Waals surface area (Å²) in [7, 11) is 0. The molecule has 0 aliphatic carbocycles. The summed E-state index contributed by atoms with van der Waals surface area (Å²) < 4.78 is 5.40. The van der Waals surface area contributed by atoms with Crippen LogP contribution in [0.2, 0.25) is 0 Å². The number of hydrogen-bond donors (Lipinski definition) is 2. The minimum atomic E-state index is 0.494. The monoisotopic (exact) mass is 218 g/mol. The van der Waals surface area contributed by atoms with E-state index in [0.29, 0.717) is 6.04 Å². The normalized spacial score (nSPS) is 24.1. The molecule has 2 heterocycles. The molecule has 2 aliphatic heterocycles. The molecular formula is C13H18N2O. The van der Waals surface area contributed by atoms with Gasteiger partial charge in [0.15, 0.2) is 0 Å². The second-order valence-electron chi connectivity index (χ2n) is 4.57. The fourth-order valence-corrected chi connectivity index (χ4v) is 2.52. The summed E-state index contributed by atoms with van der Waals surface area (Å²) in [5.74, 6) is 0. The van der Waals surface area contributed by atoms with Gasteiger partial charge in [0.25, 0.3) is 0 Å². The lowest BCUT2D eigenvalue weighted by Crippen LogP contribution is -2.26. The molecule has 1 unspecified atom stereocenters. The van der Waals surface area contributed by atoms with E-state index in [-0.39, 0.29) is 0 Å². The molecule has 0 radical (unpaired) electrons. The van der Waals surface area contributed by atoms with Gasteiger partial charge < -0.3 is 15.4 Å². The van der Waals surface area contributed by atoms with Crippen LogP contribution in [-0.4, -0.2) is 25.8 Å². The fraction of sp³-hybridized carbons (Fsp3) is 0.538. The molecule has 1 fully saturated rings. The van der Waals surface area contributed by atoms with Crippen LogP contribution >= 0.6 is 0 Å². The minimum absolute atomic E-state index is 0.494. The van der Waals surface area contributed by atoms with Gasteiger partial charge in [-0.05, 0) is 36.6 Å². The van der Waals surface area contributed by atoms with Gasteiger partial charge in [0.2, 0.25) is 0 Å². The molecule has 2 aliphatic rings. The van der Waals surface area contributed by atoms with Crippen molar-refractivity contribution in [2.24, 2.45) is 0 Å². The summed E-state index contributed by atoms with van der Waals surface area (Å²) in [5.41, 5.74) is 4.23. The van der Waals surface area contributed by atoms with Crippen molar-refractivity contribution in [1.29, 1.82) is 0 Å². The van der Waals surface area contributed by atoms with Gasteiger partial charge in [-0.25, -0.2) is 0 Å². The summed E-state index contributed by atoms with van der Waals surface area (Å²) >= 11 is 0. The van der Waals surface area contributed by atoms with Gasteiger partial charge in [-0.15, -0.1) is 0 Å². The largest absolute Gasteiger partial charge is 0.380 e. The Morgan fingerprint density at radius 2 is 2.38 bits per heavy atom. The van der Waals surface area contributed by atoms with E-state index in [1.54, 1.807) is 0 Å². The Morgan fingerprint density at radius 3 is 3.25 bits per heavy atom. The van der Waals surface area contributed by atoms with E-state index < -0.39 is 0 Å². The molecule has 1 aromatic carbocycles. The van der Waals surface area contributed by atoms with Gasteiger partial charge >= 0.3 is 0 Å². The van der Waals surface area contributed by atoms with E-state index in [2.05, 4.69) is 28.8 Å². The average molecular weight is 218 g/mol. The molecule has 3 heteroatoms. The van der Waals surface area contributed by atoms with Crippen LogP contribution in [0.3, 0.4) is 0 Å². The van der Waals surface area contributed by atoms with Gasteiger partial charge in [-0.3, -0.25) is 0 Å². The van der Waals surface area contributed by atoms with Gasteiger partial charge in [0.1, 0.15) is 0 Å². The second kappa shape index (κ2) is 4.44. The van der Waals surface area contributed by atoms with E-state index in [4.69, 9.17) is 4.74 Å². The zero-order chi connectivity index (χ0) is 10.8. The molecular weight excluding hydrogens is 200 g/mol. The molecule has 3 rings (SSSR count). The second-order valence-corrected chi connectivity index (χ2v) is 4.57. The van der Waals surface area contributed by atoms with E-state index in [0.717, 1.165) is 39.1 Å². The van der Waals surface area contributed by atoms with Gasteiger partial charge in [-0.1, -0.05) is 12.1 Å². The van der Waals surface area contributed by atoms with Crippen LogP contribution in [0, 0.1) is 0 Å². The van der Waals surface area contributed by atoms with Crippen molar-refractivity contribution in [2.45, 2.75) is 25.4 Å². The van der Waals surface area contributed by atoms with E-state index in [1.165, 1.54) is 16.8 Å². The number of fused-ring (bicyclic) bond motifs is 1. The molecule has 1 aromatic rings. The first-order valence-corrected chi connectivity index (χ1v) is 6.09. The highest BCUT2D eigenvalue weighted by molar-refractivity contribution is 5.56. The van der Waals surface area contributed by atoms with Crippen molar-refractivity contribution in [3.8, 4) is 0 Å². The van der Waals surface area contributed by atoms with E-state index >= 15 is 0 Å². The van der Waals surface area contributed by atoms with Crippen LogP contribution in [0.5, 0.6) is 0 Å². The first kappa shape index (κ1) is 10.1. The van der Waals surface area contributed by atoms with Crippen LogP contribution in [0.15, 0.2) is 18.2 Å². The van der Waals surface area contributed by atoms with Crippen molar-refractivity contribution in [1.82, 2.24) is 5.32 Å². The number of hydrogen-bond acceptors (Lipinski definition) is 3. The Bertz CT molecular complexity index is 372. The highest BCUT2D eigenvalue weighted by Gasteiger charge is 2.18. The molecule has 0 saturated carbocycles. The highest BCUT2D eigenvalue weighted by atomic mass is 16.5. The van der Waals surface area contributed by atoms with Crippen molar-refractivity contribution in [3.63, 3.8) is 0 Å². The maximum atomic E-state index is 5.40. The first-order valence-electron chi connectivity index (χ1n) is 6.09. The standard InChI is InChI=1S/C13H18N2O/c1-2-10-4-6-14-8-12(10)13(3-1)15-11-5-7-16-9-11/h1-3,11,14-15H,4-9H2. The summed E-state index contributed by atoms with van der Waals surface area (Å²) in [4.78, 5) is 0. The molecule has 0 amide bonds. The zero-order valence-electron chi connectivity index (χ0n) is 9.46. The molecule has 16 heavy (non-hydrogen) atoms. The first-order chi connectivity index (χ1) is 7.93. The lowest BCUT2D eigenvalue weighted by Gasteiger charge is -2.22. The Labute approximate surface area is 96.2 Å². The quantitative estimate of drug-likeness (QED) is 0.790. The lowest BCUT2D eigenvalue weighted by molar-refractivity contribution is 0.195. The predicted molar refractivity (Wildman–Crippen MR) is 64.7 cm³/mol. The Hall–Kier alpha value is -1.06. The Kier molecular flexibility index (Phi) is 2.80. The van der Waals surface area contributed by atoms with Crippen molar-refractivity contribution >= 4 is 5.69 Å². The van der Waals surface area contributed by atoms with Gasteiger partial charge in [0.05, 0.1) is 12.6 Å². The Morgan fingerprint density at radius 1 is 1.38 bits per heavy atom.